The topological polar surface area (TPSA) is 60.2 Å². The maximum Gasteiger partial charge on any atom is 0.239 e. The number of aromatic nitrogens is 1. The summed E-state index contributed by atoms with van der Waals surface area (Å²) >= 11 is 0. The molecule has 1 aliphatic carbocycles. The van der Waals surface area contributed by atoms with E-state index in [2.05, 4.69) is 24.1 Å². The predicted molar refractivity (Wildman–Crippen MR) is 74.9 cm³/mol. The van der Waals surface area contributed by atoms with Gasteiger partial charge in [-0.3, -0.25) is 0 Å². The highest BCUT2D eigenvalue weighted by Gasteiger charge is 2.36. The molecule has 1 saturated carbocycles. The second kappa shape index (κ2) is 5.94. The number of nitrogens with zero attached hydrogens (tertiary/aromatic N) is 1. The van der Waals surface area contributed by atoms with Crippen LogP contribution in [-0.4, -0.2) is 17.6 Å². The van der Waals surface area contributed by atoms with Crippen LogP contribution in [-0.2, 0) is 0 Å². The van der Waals surface area contributed by atoms with Crippen molar-refractivity contribution >= 4 is 11.5 Å². The minimum absolute atomic E-state index is 0.551. The lowest BCUT2D eigenvalue weighted by Gasteiger charge is -2.10. The fourth-order valence-electron chi connectivity index (χ4n) is 2.15. The van der Waals surface area contributed by atoms with E-state index in [1.165, 1.54) is 19.3 Å². The summed E-state index contributed by atoms with van der Waals surface area (Å²) < 4.78 is 5.53. The van der Waals surface area contributed by atoms with Crippen molar-refractivity contribution in [3.8, 4) is 5.88 Å². The summed E-state index contributed by atoms with van der Waals surface area (Å²) in [5.41, 5.74) is 6.44. The molecule has 2 rings (SSSR count). The number of nitrogens with two attached hydrogens (primary N) is 1. The molecular weight excluding hydrogens is 226 g/mol. The Hall–Kier alpha value is -1.45. The molecular formula is C14H23N3O. The Bertz CT molecular complexity index is 395. The average molecular weight is 249 g/mol. The molecule has 1 aliphatic rings. The van der Waals surface area contributed by atoms with E-state index in [4.69, 9.17) is 10.5 Å². The van der Waals surface area contributed by atoms with Gasteiger partial charge < -0.3 is 15.8 Å². The first-order valence-electron chi connectivity index (χ1n) is 6.90. The third-order valence-corrected chi connectivity index (χ3v) is 3.25. The monoisotopic (exact) mass is 249 g/mol. The second-order valence-electron chi connectivity index (χ2n) is 4.97. The Labute approximate surface area is 109 Å². The van der Waals surface area contributed by atoms with Gasteiger partial charge in [0.25, 0.3) is 0 Å². The summed E-state index contributed by atoms with van der Waals surface area (Å²) in [6.45, 7) is 4.95. The van der Waals surface area contributed by atoms with E-state index in [0.29, 0.717) is 24.2 Å². The number of nitrogens with one attached hydrogen (secondary N) is 1. The van der Waals surface area contributed by atoms with Gasteiger partial charge in [-0.25, -0.2) is 0 Å². The smallest absolute Gasteiger partial charge is 0.239 e. The zero-order valence-corrected chi connectivity index (χ0v) is 11.3. The van der Waals surface area contributed by atoms with Gasteiger partial charge in [-0.2, -0.15) is 4.98 Å². The zero-order valence-electron chi connectivity index (χ0n) is 11.3. The number of nitrogen functional groups attached to an aromatic ring is 1. The van der Waals surface area contributed by atoms with Crippen LogP contribution in [0.3, 0.4) is 0 Å². The van der Waals surface area contributed by atoms with Gasteiger partial charge in [0.15, 0.2) is 0 Å². The van der Waals surface area contributed by atoms with Crippen molar-refractivity contribution in [3.63, 3.8) is 0 Å². The fraction of sp³-hybridized carbons (Fsp3) is 0.643. The van der Waals surface area contributed by atoms with Crippen molar-refractivity contribution in [2.75, 3.05) is 17.7 Å². The van der Waals surface area contributed by atoms with Crippen molar-refractivity contribution in [1.29, 1.82) is 0 Å². The first kappa shape index (κ1) is 13.0. The number of hydrogen-bond donors (Lipinski definition) is 2. The van der Waals surface area contributed by atoms with Gasteiger partial charge in [0.05, 0.1) is 12.3 Å². The summed E-state index contributed by atoms with van der Waals surface area (Å²) in [6.07, 6.45) is 4.76. The minimum atomic E-state index is 0.551. The first-order chi connectivity index (χ1) is 8.74. The van der Waals surface area contributed by atoms with E-state index >= 15 is 0 Å². The van der Waals surface area contributed by atoms with E-state index < -0.39 is 0 Å². The lowest BCUT2D eigenvalue weighted by molar-refractivity contribution is 0.307. The summed E-state index contributed by atoms with van der Waals surface area (Å²) in [7, 11) is 0. The molecule has 100 valence electrons. The van der Waals surface area contributed by atoms with Gasteiger partial charge in [-0.05, 0) is 37.3 Å². The van der Waals surface area contributed by atoms with Crippen LogP contribution in [0.5, 0.6) is 5.88 Å². The molecule has 1 aromatic heterocycles. The van der Waals surface area contributed by atoms with Crippen molar-refractivity contribution < 1.29 is 4.74 Å². The Morgan fingerprint density at radius 3 is 2.94 bits per heavy atom. The highest BCUT2D eigenvalue weighted by molar-refractivity contribution is 5.54. The number of hydrogen-bond acceptors (Lipinski definition) is 4. The molecule has 1 heterocycles. The third kappa shape index (κ3) is 3.28. The molecule has 0 bridgehead atoms. The van der Waals surface area contributed by atoms with Crippen LogP contribution < -0.4 is 15.8 Å². The van der Waals surface area contributed by atoms with Crippen molar-refractivity contribution in [3.05, 3.63) is 12.1 Å². The Morgan fingerprint density at radius 1 is 1.39 bits per heavy atom. The van der Waals surface area contributed by atoms with Crippen LogP contribution in [0.1, 0.15) is 39.5 Å². The zero-order chi connectivity index (χ0) is 13.0. The largest absolute Gasteiger partial charge is 0.476 e. The SMILES string of the molecule is CCCOc1nc(NC2CC2CCC)ccc1N. The van der Waals surface area contributed by atoms with Gasteiger partial charge in [-0.15, -0.1) is 0 Å². The van der Waals surface area contributed by atoms with Crippen molar-refractivity contribution in [2.45, 2.75) is 45.6 Å². The average Bonchev–Trinajstić information content (AvgIpc) is 3.08. The molecule has 18 heavy (non-hydrogen) atoms. The first-order valence-corrected chi connectivity index (χ1v) is 6.90. The van der Waals surface area contributed by atoms with Crippen molar-refractivity contribution in [2.24, 2.45) is 5.92 Å². The van der Waals surface area contributed by atoms with Gasteiger partial charge >= 0.3 is 0 Å². The van der Waals surface area contributed by atoms with Gasteiger partial charge in [-0.1, -0.05) is 20.3 Å². The van der Waals surface area contributed by atoms with Gasteiger partial charge in [0.1, 0.15) is 5.82 Å². The molecule has 0 spiro atoms. The summed E-state index contributed by atoms with van der Waals surface area (Å²) in [5, 5.41) is 3.45. The van der Waals surface area contributed by atoms with Gasteiger partial charge in [0, 0.05) is 6.04 Å². The molecule has 0 radical (unpaired) electrons. The highest BCUT2D eigenvalue weighted by Crippen LogP contribution is 2.37. The van der Waals surface area contributed by atoms with Crippen LogP contribution in [0.2, 0.25) is 0 Å². The van der Waals surface area contributed by atoms with Crippen molar-refractivity contribution in [1.82, 2.24) is 4.98 Å². The molecule has 2 atom stereocenters. The number of pyridine rings is 1. The molecule has 0 amide bonds. The molecule has 0 aromatic carbocycles. The highest BCUT2D eigenvalue weighted by atomic mass is 16.5. The predicted octanol–water partition coefficient (Wildman–Crippen LogP) is 3.05. The van der Waals surface area contributed by atoms with Crippen LogP contribution in [0, 0.1) is 5.92 Å². The van der Waals surface area contributed by atoms with Crippen LogP contribution in [0.4, 0.5) is 11.5 Å². The summed E-state index contributed by atoms with van der Waals surface area (Å²) in [6, 6.07) is 4.37. The Balaban J connectivity index is 1.93. The molecule has 3 N–H and O–H groups in total. The molecule has 2 unspecified atom stereocenters. The number of ether oxygens (including phenoxy) is 1. The van der Waals surface area contributed by atoms with Gasteiger partial charge in [0.2, 0.25) is 5.88 Å². The standard InChI is InChI=1S/C14H23N3O/c1-3-5-10-9-12(10)16-13-7-6-11(15)14(17-13)18-8-4-2/h6-7,10,12H,3-5,8-9,15H2,1-2H3,(H,16,17). The van der Waals surface area contributed by atoms with E-state index in [9.17, 15) is 0 Å². The summed E-state index contributed by atoms with van der Waals surface area (Å²) in [4.78, 5) is 4.43. The third-order valence-electron chi connectivity index (χ3n) is 3.25. The molecule has 4 heteroatoms. The van der Waals surface area contributed by atoms with E-state index in [-0.39, 0.29) is 0 Å². The minimum Gasteiger partial charge on any atom is -0.476 e. The summed E-state index contributed by atoms with van der Waals surface area (Å²) in [5.74, 6) is 2.24. The molecule has 1 fully saturated rings. The van der Waals surface area contributed by atoms with Crippen LogP contribution >= 0.6 is 0 Å². The molecule has 1 aromatic rings. The Kier molecular flexibility index (Phi) is 4.28. The molecule has 4 nitrogen and oxygen atoms in total. The quantitative estimate of drug-likeness (QED) is 0.779. The van der Waals surface area contributed by atoms with E-state index in [1.54, 1.807) is 0 Å². The fourth-order valence-corrected chi connectivity index (χ4v) is 2.15. The molecule has 0 aliphatic heterocycles. The lowest BCUT2D eigenvalue weighted by Crippen LogP contribution is -2.08. The molecule has 0 saturated heterocycles. The number of anilines is 2. The maximum absolute atomic E-state index is 5.84. The van der Waals surface area contributed by atoms with E-state index in [1.807, 2.05) is 12.1 Å². The van der Waals surface area contributed by atoms with Crippen LogP contribution in [0.15, 0.2) is 12.1 Å². The Morgan fingerprint density at radius 2 is 2.22 bits per heavy atom. The second-order valence-corrected chi connectivity index (χ2v) is 4.97. The maximum atomic E-state index is 5.84. The van der Waals surface area contributed by atoms with Crippen LogP contribution in [0.25, 0.3) is 0 Å². The van der Waals surface area contributed by atoms with E-state index in [0.717, 1.165) is 18.2 Å². The lowest BCUT2D eigenvalue weighted by atomic mass is 10.2. The normalized spacial score (nSPS) is 21.7. The number of rotatable bonds is 7.